The van der Waals surface area contributed by atoms with Crippen LogP contribution in [0.15, 0.2) is 85.1 Å². The molecular weight excluding hydrogens is 663 g/mol. The van der Waals surface area contributed by atoms with E-state index in [4.69, 9.17) is 42.4 Å². The average molecular weight is 700 g/mol. The van der Waals surface area contributed by atoms with Crippen LogP contribution in [0.5, 0.6) is 5.75 Å². The number of nitrogens with one attached hydrogen (secondary N) is 1. The number of aromatic nitrogens is 2. The minimum absolute atomic E-state index is 0.131. The van der Waals surface area contributed by atoms with E-state index in [9.17, 15) is 9.59 Å². The van der Waals surface area contributed by atoms with Crippen molar-refractivity contribution in [3.8, 4) is 11.4 Å². The molecule has 9 nitrogen and oxygen atoms in total. The summed E-state index contributed by atoms with van der Waals surface area (Å²) in [5.41, 5.74) is 6.19. The second kappa shape index (κ2) is 15.6. The molecule has 6 rings (SSSR count). The van der Waals surface area contributed by atoms with Crippen molar-refractivity contribution >= 4 is 57.7 Å². The molecular formula is C38H36Cl2N4O5. The van der Waals surface area contributed by atoms with E-state index in [0.717, 1.165) is 46.6 Å². The molecule has 1 fully saturated rings. The SMILES string of the molecule is CCOC(=O)c1ccc(/C=C/C(=O)NCc2cccn2-c2ccc(Cl)c(COc3cccc4c(N5CCOCC5)cc(C)nc34)c2Cl)cc1. The number of carbonyl (C=O) groups is 2. The summed E-state index contributed by atoms with van der Waals surface area (Å²) in [5, 5.41) is 4.86. The number of rotatable bonds is 11. The van der Waals surface area contributed by atoms with Gasteiger partial charge in [0.05, 0.1) is 42.6 Å². The van der Waals surface area contributed by atoms with Crippen LogP contribution in [-0.4, -0.2) is 54.3 Å². The van der Waals surface area contributed by atoms with Crippen molar-refractivity contribution in [3.05, 3.63) is 123 Å². The molecule has 1 aliphatic rings. The molecule has 0 saturated carbocycles. The predicted octanol–water partition coefficient (Wildman–Crippen LogP) is 7.56. The van der Waals surface area contributed by atoms with Gasteiger partial charge in [-0.1, -0.05) is 47.5 Å². The number of para-hydroxylation sites is 1. The van der Waals surface area contributed by atoms with Gasteiger partial charge in [0, 0.05) is 58.4 Å². The van der Waals surface area contributed by atoms with Crippen molar-refractivity contribution in [2.24, 2.45) is 0 Å². The Kier molecular flexibility index (Phi) is 10.8. The van der Waals surface area contributed by atoms with Crippen LogP contribution in [-0.2, 0) is 27.4 Å². The summed E-state index contributed by atoms with van der Waals surface area (Å²) < 4.78 is 18.9. The maximum absolute atomic E-state index is 12.7. The third-order valence-electron chi connectivity index (χ3n) is 8.18. The van der Waals surface area contributed by atoms with Gasteiger partial charge >= 0.3 is 5.97 Å². The molecule has 1 amide bonds. The van der Waals surface area contributed by atoms with Gasteiger partial charge in [-0.05, 0) is 74.0 Å². The van der Waals surface area contributed by atoms with Gasteiger partial charge in [0.15, 0.2) is 0 Å². The number of nitrogens with zero attached hydrogens (tertiary/aromatic N) is 3. The van der Waals surface area contributed by atoms with Crippen molar-refractivity contribution in [1.82, 2.24) is 14.9 Å². The van der Waals surface area contributed by atoms with Gasteiger partial charge in [-0.25, -0.2) is 9.78 Å². The molecule has 0 spiro atoms. The summed E-state index contributed by atoms with van der Waals surface area (Å²) in [6.07, 6.45) is 5.01. The number of morpholine rings is 1. The molecule has 49 heavy (non-hydrogen) atoms. The zero-order valence-corrected chi connectivity index (χ0v) is 28.8. The molecule has 0 aliphatic carbocycles. The van der Waals surface area contributed by atoms with Crippen LogP contribution in [0.25, 0.3) is 22.7 Å². The van der Waals surface area contributed by atoms with E-state index in [1.807, 2.05) is 48.0 Å². The normalized spacial score (nSPS) is 13.2. The molecule has 2 aromatic heterocycles. The highest BCUT2D eigenvalue weighted by molar-refractivity contribution is 6.37. The number of anilines is 1. The molecule has 0 atom stereocenters. The summed E-state index contributed by atoms with van der Waals surface area (Å²) in [4.78, 5) is 31.7. The number of aryl methyl sites for hydroxylation is 1. The van der Waals surface area contributed by atoms with Crippen LogP contribution < -0.4 is 15.0 Å². The fraction of sp³-hybridized carbons (Fsp3) is 0.237. The monoisotopic (exact) mass is 698 g/mol. The predicted molar refractivity (Wildman–Crippen MR) is 193 cm³/mol. The van der Waals surface area contributed by atoms with Crippen LogP contribution >= 0.6 is 23.2 Å². The molecule has 11 heteroatoms. The minimum Gasteiger partial charge on any atom is -0.487 e. The summed E-state index contributed by atoms with van der Waals surface area (Å²) in [7, 11) is 0. The van der Waals surface area contributed by atoms with E-state index in [2.05, 4.69) is 22.3 Å². The van der Waals surface area contributed by atoms with Gasteiger partial charge < -0.3 is 29.0 Å². The highest BCUT2D eigenvalue weighted by atomic mass is 35.5. The number of hydrogen-bond acceptors (Lipinski definition) is 7. The Morgan fingerprint density at radius 3 is 2.57 bits per heavy atom. The highest BCUT2D eigenvalue weighted by Crippen LogP contribution is 2.36. The minimum atomic E-state index is -0.380. The van der Waals surface area contributed by atoms with Gasteiger partial charge in [-0.15, -0.1) is 0 Å². The summed E-state index contributed by atoms with van der Waals surface area (Å²) in [6, 6.07) is 22.3. The number of pyridine rings is 1. The quantitative estimate of drug-likeness (QED) is 0.112. The van der Waals surface area contributed by atoms with Gasteiger partial charge in [0.1, 0.15) is 17.9 Å². The number of ether oxygens (including phenoxy) is 3. The van der Waals surface area contributed by atoms with Crippen molar-refractivity contribution in [3.63, 3.8) is 0 Å². The largest absolute Gasteiger partial charge is 0.487 e. The molecule has 1 N–H and O–H groups in total. The first kappa shape index (κ1) is 34.0. The van der Waals surface area contributed by atoms with Crippen LogP contribution in [0, 0.1) is 6.92 Å². The number of esters is 1. The van der Waals surface area contributed by atoms with Gasteiger partial charge in [0.2, 0.25) is 5.91 Å². The van der Waals surface area contributed by atoms with E-state index in [1.165, 1.54) is 6.08 Å². The number of amides is 1. The van der Waals surface area contributed by atoms with Crippen LogP contribution in [0.1, 0.15) is 39.8 Å². The molecule has 252 valence electrons. The number of fused-ring (bicyclic) bond motifs is 1. The Morgan fingerprint density at radius 2 is 1.80 bits per heavy atom. The first-order chi connectivity index (χ1) is 23.8. The molecule has 0 bridgehead atoms. The lowest BCUT2D eigenvalue weighted by atomic mass is 10.1. The van der Waals surface area contributed by atoms with Crippen LogP contribution in [0.4, 0.5) is 5.69 Å². The van der Waals surface area contributed by atoms with Crippen molar-refractivity contribution in [2.45, 2.75) is 27.0 Å². The number of hydrogen-bond donors (Lipinski definition) is 1. The number of halogens is 2. The first-order valence-corrected chi connectivity index (χ1v) is 16.8. The fourth-order valence-electron chi connectivity index (χ4n) is 5.71. The molecule has 0 unspecified atom stereocenters. The lowest BCUT2D eigenvalue weighted by molar-refractivity contribution is -0.116. The van der Waals surface area contributed by atoms with Crippen molar-refractivity contribution in [1.29, 1.82) is 0 Å². The Labute approximate surface area is 295 Å². The second-order valence-corrected chi connectivity index (χ2v) is 12.2. The molecule has 3 heterocycles. The average Bonchev–Trinajstić information content (AvgIpc) is 3.58. The van der Waals surface area contributed by atoms with Gasteiger partial charge in [0.25, 0.3) is 0 Å². The summed E-state index contributed by atoms with van der Waals surface area (Å²) in [5.74, 6) is -0.00978. The lowest BCUT2D eigenvalue weighted by Crippen LogP contribution is -2.36. The van der Waals surface area contributed by atoms with Crippen LogP contribution in [0.3, 0.4) is 0 Å². The van der Waals surface area contributed by atoms with E-state index in [1.54, 1.807) is 43.3 Å². The van der Waals surface area contributed by atoms with Gasteiger partial charge in [-0.3, -0.25) is 4.79 Å². The molecule has 5 aromatic rings. The first-order valence-electron chi connectivity index (χ1n) is 16.0. The number of carbonyl (C=O) groups excluding carboxylic acids is 2. The maximum Gasteiger partial charge on any atom is 0.338 e. The Morgan fingerprint density at radius 1 is 1.00 bits per heavy atom. The molecule has 3 aromatic carbocycles. The highest BCUT2D eigenvalue weighted by Gasteiger charge is 2.19. The van der Waals surface area contributed by atoms with E-state index < -0.39 is 0 Å². The van der Waals surface area contributed by atoms with E-state index >= 15 is 0 Å². The third-order valence-corrected chi connectivity index (χ3v) is 8.96. The van der Waals surface area contributed by atoms with Crippen molar-refractivity contribution in [2.75, 3.05) is 37.8 Å². The topological polar surface area (TPSA) is 94.9 Å². The Balaban J connectivity index is 1.15. The standard InChI is InChI=1S/C38H36Cl2N4O5/c1-3-48-38(46)27-12-9-26(10-13-27)11-16-35(45)41-23-28-6-5-17-44(28)32-15-14-31(39)30(36(32)40)24-49-34-8-4-7-29-33(22-25(2)42-37(29)34)43-18-20-47-21-19-43/h4-17,22H,3,18-21,23-24H2,1-2H3,(H,41,45)/b16-11+. The summed E-state index contributed by atoms with van der Waals surface area (Å²) >= 11 is 13.7. The fourth-order valence-corrected chi connectivity index (χ4v) is 6.28. The summed E-state index contributed by atoms with van der Waals surface area (Å²) in [6.45, 7) is 7.46. The van der Waals surface area contributed by atoms with E-state index in [-0.39, 0.29) is 25.0 Å². The van der Waals surface area contributed by atoms with Crippen LogP contribution in [0.2, 0.25) is 10.0 Å². The Hall–Kier alpha value is -4.83. The lowest BCUT2D eigenvalue weighted by Gasteiger charge is -2.30. The second-order valence-electron chi connectivity index (χ2n) is 11.4. The maximum atomic E-state index is 12.7. The third kappa shape index (κ3) is 7.91. The molecule has 1 aliphatic heterocycles. The zero-order chi connectivity index (χ0) is 34.3. The van der Waals surface area contributed by atoms with Crippen molar-refractivity contribution < 1.29 is 23.8 Å². The smallest absolute Gasteiger partial charge is 0.338 e. The molecule has 0 radical (unpaired) electrons. The molecule has 1 saturated heterocycles. The number of benzene rings is 3. The van der Waals surface area contributed by atoms with E-state index in [0.29, 0.717) is 52.4 Å². The van der Waals surface area contributed by atoms with Gasteiger partial charge in [-0.2, -0.15) is 0 Å². The Bertz CT molecular complexity index is 2000. The zero-order valence-electron chi connectivity index (χ0n) is 27.2.